The number of halogens is 1. The molecule has 2 N–H and O–H groups in total. The highest BCUT2D eigenvalue weighted by Crippen LogP contribution is 2.17. The molecule has 2 rings (SSSR count). The number of rotatable bonds is 5. The molecule has 1 aliphatic rings. The molecule has 1 aromatic rings. The van der Waals surface area contributed by atoms with Gasteiger partial charge in [-0.3, -0.25) is 4.79 Å². The van der Waals surface area contributed by atoms with Crippen LogP contribution >= 0.6 is 12.4 Å². The summed E-state index contributed by atoms with van der Waals surface area (Å²) in [6.07, 6.45) is 1.71. The number of hydrogen-bond acceptors (Lipinski definition) is 3. The largest absolute Gasteiger partial charge is 0.496 e. The second-order valence-corrected chi connectivity index (χ2v) is 4.65. The second kappa shape index (κ2) is 8.02. The van der Waals surface area contributed by atoms with Crippen molar-refractivity contribution < 1.29 is 9.53 Å². The van der Waals surface area contributed by atoms with Crippen molar-refractivity contribution in [1.29, 1.82) is 0 Å². The van der Waals surface area contributed by atoms with E-state index in [0.29, 0.717) is 18.9 Å². The van der Waals surface area contributed by atoms with Crippen molar-refractivity contribution in [2.75, 3.05) is 20.2 Å². The van der Waals surface area contributed by atoms with Crippen LogP contribution in [0.3, 0.4) is 0 Å². The van der Waals surface area contributed by atoms with Crippen LogP contribution in [0.15, 0.2) is 24.3 Å². The molecule has 1 fully saturated rings. The zero-order chi connectivity index (χ0) is 12.8. The van der Waals surface area contributed by atoms with Gasteiger partial charge < -0.3 is 15.4 Å². The monoisotopic (exact) mass is 284 g/mol. The van der Waals surface area contributed by atoms with Gasteiger partial charge in [0, 0.05) is 18.5 Å². The van der Waals surface area contributed by atoms with Crippen LogP contribution in [0.5, 0.6) is 5.75 Å². The minimum absolute atomic E-state index is 0. The van der Waals surface area contributed by atoms with E-state index in [1.807, 2.05) is 24.3 Å². The van der Waals surface area contributed by atoms with Crippen molar-refractivity contribution in [1.82, 2.24) is 10.6 Å². The van der Waals surface area contributed by atoms with E-state index in [-0.39, 0.29) is 18.3 Å². The average Bonchev–Trinajstić information content (AvgIpc) is 2.89. The summed E-state index contributed by atoms with van der Waals surface area (Å²) in [6.45, 7) is 2.52. The van der Waals surface area contributed by atoms with E-state index in [1.165, 1.54) is 0 Å². The number of carbonyl (C=O) groups excluding carboxylic acids is 1. The fourth-order valence-electron chi connectivity index (χ4n) is 2.27. The summed E-state index contributed by atoms with van der Waals surface area (Å²) in [6, 6.07) is 7.75. The van der Waals surface area contributed by atoms with Gasteiger partial charge in [-0.1, -0.05) is 18.2 Å². The molecule has 5 heteroatoms. The smallest absolute Gasteiger partial charge is 0.220 e. The van der Waals surface area contributed by atoms with Crippen LogP contribution in [0.4, 0.5) is 0 Å². The zero-order valence-electron chi connectivity index (χ0n) is 11.1. The lowest BCUT2D eigenvalue weighted by atomic mass is 10.0. The Bertz CT molecular complexity index is 406. The quantitative estimate of drug-likeness (QED) is 0.866. The summed E-state index contributed by atoms with van der Waals surface area (Å²) in [7, 11) is 1.64. The van der Waals surface area contributed by atoms with E-state index in [9.17, 15) is 4.79 Å². The molecule has 0 bridgehead atoms. The molecule has 1 amide bonds. The lowest BCUT2D eigenvalue weighted by Crippen LogP contribution is -2.26. The molecule has 0 spiro atoms. The van der Waals surface area contributed by atoms with Crippen LogP contribution in [0.2, 0.25) is 0 Å². The Hall–Kier alpha value is -1.26. The first kappa shape index (κ1) is 15.8. The molecule has 0 saturated carbocycles. The molecule has 1 aliphatic heterocycles. The molecule has 1 heterocycles. The van der Waals surface area contributed by atoms with Crippen molar-refractivity contribution in [2.24, 2.45) is 5.92 Å². The van der Waals surface area contributed by atoms with Crippen LogP contribution in [-0.4, -0.2) is 26.1 Å². The van der Waals surface area contributed by atoms with E-state index in [4.69, 9.17) is 4.74 Å². The molecule has 106 valence electrons. The molecule has 0 aromatic heterocycles. The van der Waals surface area contributed by atoms with Crippen LogP contribution in [0.25, 0.3) is 0 Å². The number of amides is 1. The summed E-state index contributed by atoms with van der Waals surface area (Å²) < 4.78 is 5.25. The minimum atomic E-state index is 0. The molecule has 1 saturated heterocycles. The van der Waals surface area contributed by atoms with E-state index in [0.717, 1.165) is 30.8 Å². The molecule has 4 nitrogen and oxygen atoms in total. The van der Waals surface area contributed by atoms with Gasteiger partial charge in [-0.25, -0.2) is 0 Å². The number of hydrogen-bond donors (Lipinski definition) is 2. The Balaban J connectivity index is 0.00000180. The Labute approximate surface area is 120 Å². The van der Waals surface area contributed by atoms with Gasteiger partial charge in [0.1, 0.15) is 5.75 Å². The van der Waals surface area contributed by atoms with Crippen molar-refractivity contribution in [3.63, 3.8) is 0 Å². The van der Waals surface area contributed by atoms with Crippen LogP contribution in [0.1, 0.15) is 18.4 Å². The third-order valence-corrected chi connectivity index (χ3v) is 3.30. The summed E-state index contributed by atoms with van der Waals surface area (Å²) >= 11 is 0. The SMILES string of the molecule is COc1ccccc1CNC(=O)CC1CCNC1.Cl. The summed E-state index contributed by atoms with van der Waals surface area (Å²) in [5.41, 5.74) is 1.01. The standard InChI is InChI=1S/C14H20N2O2.ClH/c1-18-13-5-3-2-4-12(13)10-16-14(17)8-11-6-7-15-9-11;/h2-5,11,15H,6-10H2,1H3,(H,16,17);1H. The fraction of sp³-hybridized carbons (Fsp3) is 0.500. The van der Waals surface area contributed by atoms with Gasteiger partial charge in [0.2, 0.25) is 5.91 Å². The van der Waals surface area contributed by atoms with Gasteiger partial charge in [-0.15, -0.1) is 12.4 Å². The molecule has 0 radical (unpaired) electrons. The molecule has 19 heavy (non-hydrogen) atoms. The van der Waals surface area contributed by atoms with Crippen molar-refractivity contribution in [3.8, 4) is 5.75 Å². The maximum Gasteiger partial charge on any atom is 0.220 e. The number of ether oxygens (including phenoxy) is 1. The van der Waals surface area contributed by atoms with Crippen molar-refractivity contribution >= 4 is 18.3 Å². The number of benzene rings is 1. The number of nitrogens with one attached hydrogen (secondary N) is 2. The van der Waals surface area contributed by atoms with E-state index < -0.39 is 0 Å². The molecular formula is C14H21ClN2O2. The van der Waals surface area contributed by atoms with Gasteiger partial charge >= 0.3 is 0 Å². The lowest BCUT2D eigenvalue weighted by molar-refractivity contribution is -0.122. The maximum atomic E-state index is 11.8. The van der Waals surface area contributed by atoms with E-state index in [1.54, 1.807) is 7.11 Å². The zero-order valence-corrected chi connectivity index (χ0v) is 12.0. The molecule has 1 unspecified atom stereocenters. The van der Waals surface area contributed by atoms with Gasteiger partial charge in [0.25, 0.3) is 0 Å². The van der Waals surface area contributed by atoms with Crippen LogP contribution in [-0.2, 0) is 11.3 Å². The van der Waals surface area contributed by atoms with Crippen molar-refractivity contribution in [3.05, 3.63) is 29.8 Å². The number of carbonyl (C=O) groups is 1. The highest BCUT2D eigenvalue weighted by Gasteiger charge is 2.17. The molecule has 0 aliphatic carbocycles. The topological polar surface area (TPSA) is 50.4 Å². The van der Waals surface area contributed by atoms with E-state index >= 15 is 0 Å². The molecule has 1 atom stereocenters. The van der Waals surface area contributed by atoms with E-state index in [2.05, 4.69) is 10.6 Å². The third-order valence-electron chi connectivity index (χ3n) is 3.30. The number of methoxy groups -OCH3 is 1. The van der Waals surface area contributed by atoms with Gasteiger partial charge in [-0.2, -0.15) is 0 Å². The second-order valence-electron chi connectivity index (χ2n) is 4.65. The van der Waals surface area contributed by atoms with Crippen LogP contribution in [0, 0.1) is 5.92 Å². The first-order valence-corrected chi connectivity index (χ1v) is 6.39. The van der Waals surface area contributed by atoms with Crippen LogP contribution < -0.4 is 15.4 Å². The maximum absolute atomic E-state index is 11.8. The lowest BCUT2D eigenvalue weighted by Gasteiger charge is -2.11. The third kappa shape index (κ3) is 4.73. The highest BCUT2D eigenvalue weighted by molar-refractivity contribution is 5.85. The van der Waals surface area contributed by atoms with Gasteiger partial charge in [-0.05, 0) is 31.5 Å². The number of para-hydroxylation sites is 1. The Kier molecular flexibility index (Phi) is 6.67. The minimum Gasteiger partial charge on any atom is -0.496 e. The average molecular weight is 285 g/mol. The Morgan fingerprint density at radius 3 is 2.95 bits per heavy atom. The first-order chi connectivity index (χ1) is 8.79. The predicted octanol–water partition coefficient (Wildman–Crippen LogP) is 1.73. The highest BCUT2D eigenvalue weighted by atomic mass is 35.5. The summed E-state index contributed by atoms with van der Waals surface area (Å²) in [5, 5.41) is 6.22. The predicted molar refractivity (Wildman–Crippen MR) is 77.7 cm³/mol. The molecular weight excluding hydrogens is 264 g/mol. The van der Waals surface area contributed by atoms with Gasteiger partial charge in [0.15, 0.2) is 0 Å². The summed E-state index contributed by atoms with van der Waals surface area (Å²) in [4.78, 5) is 11.8. The summed E-state index contributed by atoms with van der Waals surface area (Å²) in [5.74, 6) is 1.43. The first-order valence-electron chi connectivity index (χ1n) is 6.39. The normalized spacial score (nSPS) is 17.6. The van der Waals surface area contributed by atoms with Gasteiger partial charge in [0.05, 0.1) is 7.11 Å². The van der Waals surface area contributed by atoms with Crippen molar-refractivity contribution in [2.45, 2.75) is 19.4 Å². The molecule has 1 aromatic carbocycles. The Morgan fingerprint density at radius 2 is 2.26 bits per heavy atom. The fourth-order valence-corrected chi connectivity index (χ4v) is 2.27. The Morgan fingerprint density at radius 1 is 1.47 bits per heavy atom.